The lowest BCUT2D eigenvalue weighted by atomic mass is 9.81. The Morgan fingerprint density at radius 1 is 1.25 bits per heavy atom. The molecule has 1 aliphatic carbocycles. The van der Waals surface area contributed by atoms with Crippen molar-refractivity contribution in [1.29, 1.82) is 0 Å². The van der Waals surface area contributed by atoms with Crippen molar-refractivity contribution in [2.75, 3.05) is 26.9 Å². The van der Waals surface area contributed by atoms with Crippen LogP contribution in [0.4, 0.5) is 9.18 Å². The molecule has 1 amide bonds. The van der Waals surface area contributed by atoms with Gasteiger partial charge in [0.2, 0.25) is 5.43 Å². The third-order valence-electron chi connectivity index (χ3n) is 6.43. The van der Waals surface area contributed by atoms with Gasteiger partial charge in [0.1, 0.15) is 17.0 Å². The molecular formula is C26H33FN2O7. The fourth-order valence-corrected chi connectivity index (χ4v) is 4.75. The van der Waals surface area contributed by atoms with Crippen molar-refractivity contribution in [2.24, 2.45) is 0 Å². The first-order valence-electron chi connectivity index (χ1n) is 12.2. The van der Waals surface area contributed by atoms with Crippen LogP contribution in [0, 0.1) is 5.82 Å². The Kier molecular flexibility index (Phi) is 7.01. The number of ether oxygens (including phenoxy) is 4. The van der Waals surface area contributed by atoms with E-state index in [1.54, 1.807) is 32.3 Å². The standard InChI is InChI=1S/C26H33FN2O7/c1-6-35-23(31)17-14-29(15-7-8-15)20-16(21(17)30)13-18(27)19(22(20)33-5)26(9-11-34-12-10-26)28-24(32)36-25(2,3)4/h13-15H,6-12H2,1-5H3,(H,28,32). The van der Waals surface area contributed by atoms with E-state index in [0.717, 1.165) is 18.9 Å². The number of methoxy groups -OCH3 is 1. The number of carbonyl (C=O) groups excluding carboxylic acids is 2. The van der Waals surface area contributed by atoms with E-state index in [0.29, 0.717) is 5.52 Å². The van der Waals surface area contributed by atoms with E-state index in [1.165, 1.54) is 13.3 Å². The second kappa shape index (κ2) is 9.72. The average molecular weight is 505 g/mol. The van der Waals surface area contributed by atoms with Gasteiger partial charge in [-0.3, -0.25) is 4.79 Å². The molecular weight excluding hydrogens is 471 g/mol. The van der Waals surface area contributed by atoms with Crippen molar-refractivity contribution in [3.8, 4) is 5.75 Å². The number of carbonyl (C=O) groups is 2. The van der Waals surface area contributed by atoms with Gasteiger partial charge in [-0.2, -0.15) is 0 Å². The molecule has 2 aromatic rings. The van der Waals surface area contributed by atoms with E-state index in [-0.39, 0.29) is 61.0 Å². The van der Waals surface area contributed by atoms with Crippen LogP contribution in [0.1, 0.15) is 75.3 Å². The number of fused-ring (bicyclic) bond motifs is 1. The molecule has 2 fully saturated rings. The van der Waals surface area contributed by atoms with E-state index in [9.17, 15) is 14.4 Å². The maximum atomic E-state index is 16.0. The smallest absolute Gasteiger partial charge is 0.408 e. The summed E-state index contributed by atoms with van der Waals surface area (Å²) in [5.74, 6) is -1.34. The van der Waals surface area contributed by atoms with Gasteiger partial charge in [0, 0.05) is 25.5 Å². The lowest BCUT2D eigenvalue weighted by Gasteiger charge is -2.39. The zero-order chi connectivity index (χ0) is 26.3. The monoisotopic (exact) mass is 504 g/mol. The van der Waals surface area contributed by atoms with Crippen LogP contribution in [0.5, 0.6) is 5.75 Å². The molecule has 0 radical (unpaired) electrons. The molecule has 1 saturated carbocycles. The molecule has 0 atom stereocenters. The third-order valence-corrected chi connectivity index (χ3v) is 6.43. The molecule has 0 bridgehead atoms. The minimum atomic E-state index is -1.19. The SMILES string of the molecule is CCOC(=O)c1cn(C2CC2)c2c(OC)c(C3(NC(=O)OC(C)(C)C)CCOCC3)c(F)cc2c1=O. The van der Waals surface area contributed by atoms with Gasteiger partial charge in [-0.1, -0.05) is 0 Å². The summed E-state index contributed by atoms with van der Waals surface area (Å²) in [6.45, 7) is 7.57. The molecule has 2 heterocycles. The van der Waals surface area contributed by atoms with Crippen molar-refractivity contribution < 1.29 is 32.9 Å². The van der Waals surface area contributed by atoms with Gasteiger partial charge in [0.15, 0.2) is 5.75 Å². The maximum absolute atomic E-state index is 16.0. The van der Waals surface area contributed by atoms with Crippen LogP contribution in [0.25, 0.3) is 10.9 Å². The highest BCUT2D eigenvalue weighted by molar-refractivity contribution is 5.96. The number of esters is 1. The maximum Gasteiger partial charge on any atom is 0.408 e. The van der Waals surface area contributed by atoms with Crippen LogP contribution in [-0.4, -0.2) is 49.2 Å². The number of amides is 1. The molecule has 4 rings (SSSR count). The molecule has 1 aromatic carbocycles. The first-order chi connectivity index (χ1) is 17.0. The minimum absolute atomic E-state index is 0.0185. The number of pyridine rings is 1. The van der Waals surface area contributed by atoms with Gasteiger partial charge in [-0.25, -0.2) is 14.0 Å². The molecule has 0 unspecified atom stereocenters. The Morgan fingerprint density at radius 3 is 2.47 bits per heavy atom. The Bertz CT molecular complexity index is 1240. The molecule has 1 aromatic heterocycles. The van der Waals surface area contributed by atoms with E-state index in [2.05, 4.69) is 5.32 Å². The summed E-state index contributed by atoms with van der Waals surface area (Å²) in [5, 5.41) is 2.91. The van der Waals surface area contributed by atoms with Crippen LogP contribution in [0.2, 0.25) is 0 Å². The van der Waals surface area contributed by atoms with Crippen molar-refractivity contribution in [1.82, 2.24) is 9.88 Å². The summed E-state index contributed by atoms with van der Waals surface area (Å²) >= 11 is 0. The van der Waals surface area contributed by atoms with Crippen molar-refractivity contribution >= 4 is 23.0 Å². The first-order valence-corrected chi connectivity index (χ1v) is 12.2. The summed E-state index contributed by atoms with van der Waals surface area (Å²) in [7, 11) is 1.40. The molecule has 1 aliphatic heterocycles. The molecule has 1 saturated heterocycles. The number of alkyl carbamates (subject to hydrolysis) is 1. The zero-order valence-electron chi connectivity index (χ0n) is 21.4. The summed E-state index contributed by atoms with van der Waals surface area (Å²) in [4.78, 5) is 38.7. The van der Waals surface area contributed by atoms with Crippen LogP contribution >= 0.6 is 0 Å². The van der Waals surface area contributed by atoms with Crippen molar-refractivity contribution in [3.05, 3.63) is 39.4 Å². The van der Waals surface area contributed by atoms with Gasteiger partial charge in [0.05, 0.1) is 35.7 Å². The summed E-state index contributed by atoms with van der Waals surface area (Å²) < 4.78 is 39.7. The Balaban J connectivity index is 1.97. The molecule has 196 valence electrons. The van der Waals surface area contributed by atoms with Crippen LogP contribution < -0.4 is 15.5 Å². The number of hydrogen-bond donors (Lipinski definition) is 1. The molecule has 10 heteroatoms. The van der Waals surface area contributed by atoms with Gasteiger partial charge in [-0.15, -0.1) is 0 Å². The number of nitrogens with one attached hydrogen (secondary N) is 1. The zero-order valence-corrected chi connectivity index (χ0v) is 21.4. The number of nitrogens with zero attached hydrogens (tertiary/aromatic N) is 1. The Hall–Kier alpha value is -3.14. The lowest BCUT2D eigenvalue weighted by Crippen LogP contribution is -2.51. The third kappa shape index (κ3) is 4.91. The predicted octanol–water partition coefficient (Wildman–Crippen LogP) is 4.19. The number of rotatable bonds is 6. The van der Waals surface area contributed by atoms with E-state index >= 15 is 4.39 Å². The second-order valence-corrected chi connectivity index (χ2v) is 10.2. The van der Waals surface area contributed by atoms with E-state index in [1.807, 2.05) is 0 Å². The summed E-state index contributed by atoms with van der Waals surface area (Å²) in [5.41, 5.74) is -2.22. The molecule has 0 spiro atoms. The topological polar surface area (TPSA) is 105 Å². The van der Waals surface area contributed by atoms with Crippen LogP contribution in [0.15, 0.2) is 17.1 Å². The number of aromatic nitrogens is 1. The highest BCUT2D eigenvalue weighted by atomic mass is 19.1. The molecule has 9 nitrogen and oxygen atoms in total. The largest absolute Gasteiger partial charge is 0.494 e. The quantitative estimate of drug-likeness (QED) is 0.588. The summed E-state index contributed by atoms with van der Waals surface area (Å²) in [6.07, 6.45) is 3.02. The average Bonchev–Trinajstić information content (AvgIpc) is 3.63. The van der Waals surface area contributed by atoms with E-state index in [4.69, 9.17) is 18.9 Å². The highest BCUT2D eigenvalue weighted by Crippen LogP contribution is 2.46. The van der Waals surface area contributed by atoms with Crippen LogP contribution in [-0.2, 0) is 19.7 Å². The van der Waals surface area contributed by atoms with Crippen LogP contribution in [0.3, 0.4) is 0 Å². The first kappa shape index (κ1) is 25.9. The van der Waals surface area contributed by atoms with Crippen molar-refractivity contribution in [3.63, 3.8) is 0 Å². The second-order valence-electron chi connectivity index (χ2n) is 10.2. The molecule has 1 N–H and O–H groups in total. The Morgan fingerprint density at radius 2 is 1.92 bits per heavy atom. The molecule has 2 aliphatic rings. The highest BCUT2D eigenvalue weighted by Gasteiger charge is 2.43. The molecule has 36 heavy (non-hydrogen) atoms. The van der Waals surface area contributed by atoms with Gasteiger partial charge >= 0.3 is 12.1 Å². The van der Waals surface area contributed by atoms with E-state index < -0.39 is 34.4 Å². The van der Waals surface area contributed by atoms with Gasteiger partial charge in [-0.05, 0) is 59.4 Å². The number of halogens is 1. The number of hydrogen-bond acceptors (Lipinski definition) is 7. The normalized spacial score (nSPS) is 17.5. The fourth-order valence-electron chi connectivity index (χ4n) is 4.75. The van der Waals surface area contributed by atoms with Crippen molar-refractivity contribution in [2.45, 2.75) is 70.6 Å². The van der Waals surface area contributed by atoms with Gasteiger partial charge in [0.25, 0.3) is 0 Å². The number of benzene rings is 1. The Labute approximate surface area is 208 Å². The lowest BCUT2D eigenvalue weighted by molar-refractivity contribution is 0.0142. The summed E-state index contributed by atoms with van der Waals surface area (Å²) in [6, 6.07) is 1.16. The fraction of sp³-hybridized carbons (Fsp3) is 0.577. The predicted molar refractivity (Wildman–Crippen MR) is 130 cm³/mol. The van der Waals surface area contributed by atoms with Gasteiger partial charge < -0.3 is 28.8 Å². The minimum Gasteiger partial charge on any atom is -0.494 e.